The van der Waals surface area contributed by atoms with Crippen LogP contribution in [0.2, 0.25) is 0 Å². The third kappa shape index (κ3) is 4.83. The molecule has 2 atom stereocenters. The quantitative estimate of drug-likeness (QED) is 0.464. The largest absolute Gasteiger partial charge is 0.459 e. The molecule has 1 heterocycles. The molecular weight excluding hydrogens is 388 g/mol. The van der Waals surface area contributed by atoms with E-state index in [1.165, 1.54) is 6.26 Å². The van der Waals surface area contributed by atoms with E-state index in [9.17, 15) is 9.59 Å². The first-order chi connectivity index (χ1) is 15.1. The van der Waals surface area contributed by atoms with Crippen LogP contribution in [0.15, 0.2) is 95.6 Å². The molecule has 4 aromatic rings. The lowest BCUT2D eigenvalue weighted by atomic mass is 9.99. The minimum atomic E-state index is -0.738. The Balaban J connectivity index is 1.55. The summed E-state index contributed by atoms with van der Waals surface area (Å²) in [6.07, 6.45) is 1.81. The normalized spacial score (nSPS) is 12.8. The van der Waals surface area contributed by atoms with Gasteiger partial charge in [0.1, 0.15) is 6.04 Å². The highest BCUT2D eigenvalue weighted by Crippen LogP contribution is 2.24. The number of carbonyl (C=O) groups excluding carboxylic acids is 2. The Kier molecular flexibility index (Phi) is 6.13. The predicted octanol–water partition coefficient (Wildman–Crippen LogP) is 4.65. The molecule has 3 aromatic carbocycles. The predicted molar refractivity (Wildman–Crippen MR) is 121 cm³/mol. The number of rotatable bonds is 7. The second-order valence-corrected chi connectivity index (χ2v) is 7.49. The molecule has 0 bridgehead atoms. The van der Waals surface area contributed by atoms with Crippen LogP contribution in [0.25, 0.3) is 10.8 Å². The average Bonchev–Trinajstić information content (AvgIpc) is 3.34. The lowest BCUT2D eigenvalue weighted by Crippen LogP contribution is -2.48. The van der Waals surface area contributed by atoms with Crippen LogP contribution in [-0.4, -0.2) is 17.9 Å². The van der Waals surface area contributed by atoms with Crippen LogP contribution in [0.5, 0.6) is 0 Å². The van der Waals surface area contributed by atoms with Gasteiger partial charge < -0.3 is 15.1 Å². The third-order valence-electron chi connectivity index (χ3n) is 5.30. The first kappa shape index (κ1) is 20.4. The topological polar surface area (TPSA) is 71.3 Å². The second-order valence-electron chi connectivity index (χ2n) is 7.49. The molecule has 2 unspecified atom stereocenters. The molecule has 0 fully saturated rings. The van der Waals surface area contributed by atoms with Gasteiger partial charge in [0.2, 0.25) is 5.91 Å². The van der Waals surface area contributed by atoms with Crippen molar-refractivity contribution in [1.82, 2.24) is 10.6 Å². The second kappa shape index (κ2) is 9.30. The highest BCUT2D eigenvalue weighted by Gasteiger charge is 2.25. The first-order valence-corrected chi connectivity index (χ1v) is 10.3. The zero-order chi connectivity index (χ0) is 21.6. The Morgan fingerprint density at radius 3 is 2.35 bits per heavy atom. The van der Waals surface area contributed by atoms with Crippen LogP contribution in [0.4, 0.5) is 0 Å². The van der Waals surface area contributed by atoms with Crippen molar-refractivity contribution in [3.63, 3.8) is 0 Å². The molecule has 1 aromatic heterocycles. The molecule has 0 saturated carbocycles. The van der Waals surface area contributed by atoms with E-state index in [-0.39, 0.29) is 17.7 Å². The Labute approximate surface area is 181 Å². The molecular formula is C26H24N2O3. The van der Waals surface area contributed by atoms with Gasteiger partial charge in [-0.25, -0.2) is 0 Å². The molecule has 31 heavy (non-hydrogen) atoms. The van der Waals surface area contributed by atoms with Crippen molar-refractivity contribution in [2.24, 2.45) is 0 Å². The van der Waals surface area contributed by atoms with Gasteiger partial charge in [0.15, 0.2) is 5.76 Å². The van der Waals surface area contributed by atoms with Crippen molar-refractivity contribution < 1.29 is 14.0 Å². The number of furan rings is 1. The smallest absolute Gasteiger partial charge is 0.287 e. The number of hydrogen-bond donors (Lipinski definition) is 2. The Hall–Kier alpha value is -3.86. The van der Waals surface area contributed by atoms with Gasteiger partial charge in [-0.15, -0.1) is 0 Å². The number of fused-ring (bicyclic) bond motifs is 1. The van der Waals surface area contributed by atoms with Crippen LogP contribution in [-0.2, 0) is 11.2 Å². The van der Waals surface area contributed by atoms with E-state index >= 15 is 0 Å². The molecule has 2 N–H and O–H groups in total. The van der Waals surface area contributed by atoms with Crippen molar-refractivity contribution in [2.45, 2.75) is 25.4 Å². The third-order valence-corrected chi connectivity index (χ3v) is 5.30. The van der Waals surface area contributed by atoms with E-state index < -0.39 is 11.9 Å². The number of nitrogens with one attached hydrogen (secondary N) is 2. The highest BCUT2D eigenvalue weighted by atomic mass is 16.3. The van der Waals surface area contributed by atoms with Crippen LogP contribution < -0.4 is 10.6 Å². The lowest BCUT2D eigenvalue weighted by Gasteiger charge is -2.22. The summed E-state index contributed by atoms with van der Waals surface area (Å²) < 4.78 is 5.18. The van der Waals surface area contributed by atoms with Crippen molar-refractivity contribution in [1.29, 1.82) is 0 Å². The van der Waals surface area contributed by atoms with Crippen molar-refractivity contribution in [3.8, 4) is 0 Å². The van der Waals surface area contributed by atoms with E-state index in [2.05, 4.69) is 22.8 Å². The molecule has 0 spiro atoms. The molecule has 0 saturated heterocycles. The van der Waals surface area contributed by atoms with Crippen LogP contribution in [0, 0.1) is 0 Å². The van der Waals surface area contributed by atoms with E-state index in [0.717, 1.165) is 21.9 Å². The van der Waals surface area contributed by atoms with Gasteiger partial charge in [0.25, 0.3) is 5.91 Å². The van der Waals surface area contributed by atoms with Gasteiger partial charge in [-0.1, -0.05) is 72.8 Å². The zero-order valence-electron chi connectivity index (χ0n) is 17.2. The van der Waals surface area contributed by atoms with E-state index in [0.29, 0.717) is 6.42 Å². The molecule has 0 aliphatic rings. The Bertz CT molecular complexity index is 1160. The summed E-state index contributed by atoms with van der Waals surface area (Å²) >= 11 is 0. The summed E-state index contributed by atoms with van der Waals surface area (Å²) in [7, 11) is 0. The van der Waals surface area contributed by atoms with Crippen molar-refractivity contribution in [2.75, 3.05) is 0 Å². The van der Waals surface area contributed by atoms with E-state index in [1.54, 1.807) is 12.1 Å². The van der Waals surface area contributed by atoms with Gasteiger partial charge >= 0.3 is 0 Å². The van der Waals surface area contributed by atoms with Gasteiger partial charge in [-0.05, 0) is 41.0 Å². The standard InChI is InChI=1S/C26H24N2O3/c1-18(21-14-7-12-20-11-5-6-13-22(20)21)27-25(29)23(17-19-9-3-2-4-10-19)28-26(30)24-15-8-16-31-24/h2-16,18,23H,17H2,1H3,(H,27,29)(H,28,30). The number of hydrogen-bond acceptors (Lipinski definition) is 3. The number of benzene rings is 3. The maximum Gasteiger partial charge on any atom is 0.287 e. The van der Waals surface area contributed by atoms with Crippen molar-refractivity contribution in [3.05, 3.63) is 108 Å². The molecule has 0 radical (unpaired) electrons. The van der Waals surface area contributed by atoms with Gasteiger partial charge in [0.05, 0.1) is 12.3 Å². The number of carbonyl (C=O) groups is 2. The summed E-state index contributed by atoms with van der Waals surface area (Å²) in [4.78, 5) is 25.8. The fourth-order valence-electron chi connectivity index (χ4n) is 3.72. The molecule has 0 aliphatic carbocycles. The zero-order valence-corrected chi connectivity index (χ0v) is 17.2. The SMILES string of the molecule is CC(NC(=O)C(Cc1ccccc1)NC(=O)c1ccco1)c1cccc2ccccc12. The summed E-state index contributed by atoms with van der Waals surface area (Å²) in [6, 6.07) is 26.0. The molecule has 156 valence electrons. The highest BCUT2D eigenvalue weighted by molar-refractivity contribution is 5.96. The summed E-state index contributed by atoms with van der Waals surface area (Å²) in [5, 5.41) is 8.11. The molecule has 4 rings (SSSR count). The monoisotopic (exact) mass is 412 g/mol. The average molecular weight is 412 g/mol. The molecule has 2 amide bonds. The fourth-order valence-corrected chi connectivity index (χ4v) is 3.72. The lowest BCUT2D eigenvalue weighted by molar-refractivity contribution is -0.123. The van der Waals surface area contributed by atoms with Gasteiger partial charge in [-0.3, -0.25) is 9.59 Å². The van der Waals surface area contributed by atoms with Gasteiger partial charge in [0, 0.05) is 6.42 Å². The summed E-state index contributed by atoms with van der Waals surface area (Å²) in [5.41, 5.74) is 1.99. The van der Waals surface area contributed by atoms with E-state index in [4.69, 9.17) is 4.42 Å². The number of amides is 2. The Morgan fingerprint density at radius 1 is 0.839 bits per heavy atom. The van der Waals surface area contributed by atoms with Gasteiger partial charge in [-0.2, -0.15) is 0 Å². The maximum atomic E-state index is 13.2. The molecule has 5 nitrogen and oxygen atoms in total. The van der Waals surface area contributed by atoms with Crippen LogP contribution in [0.1, 0.15) is 34.6 Å². The van der Waals surface area contributed by atoms with E-state index in [1.807, 2.05) is 67.6 Å². The summed E-state index contributed by atoms with van der Waals surface area (Å²) in [5.74, 6) is -0.490. The minimum Gasteiger partial charge on any atom is -0.459 e. The van der Waals surface area contributed by atoms with Crippen molar-refractivity contribution >= 4 is 22.6 Å². The van der Waals surface area contributed by atoms with Crippen LogP contribution in [0.3, 0.4) is 0 Å². The molecule has 5 heteroatoms. The molecule has 0 aliphatic heterocycles. The maximum absolute atomic E-state index is 13.2. The van der Waals surface area contributed by atoms with Crippen LogP contribution >= 0.6 is 0 Å². The Morgan fingerprint density at radius 2 is 1.58 bits per heavy atom. The minimum absolute atomic E-state index is 0.174. The summed E-state index contributed by atoms with van der Waals surface area (Å²) in [6.45, 7) is 1.95. The fraction of sp³-hybridized carbons (Fsp3) is 0.154. The first-order valence-electron chi connectivity index (χ1n) is 10.3.